The van der Waals surface area contributed by atoms with Crippen LogP contribution in [0.15, 0.2) is 48.4 Å². The lowest BCUT2D eigenvalue weighted by atomic mass is 9.83. The fourth-order valence-corrected chi connectivity index (χ4v) is 6.70. The van der Waals surface area contributed by atoms with E-state index >= 15 is 0 Å². The van der Waals surface area contributed by atoms with Crippen LogP contribution in [0.5, 0.6) is 0 Å². The van der Waals surface area contributed by atoms with Crippen LogP contribution in [0.2, 0.25) is 0 Å². The van der Waals surface area contributed by atoms with Crippen LogP contribution < -0.4 is 22.3 Å². The number of carbonyl (C=O) groups is 1. The van der Waals surface area contributed by atoms with Crippen LogP contribution >= 0.6 is 11.8 Å². The van der Waals surface area contributed by atoms with Crippen LogP contribution in [0.3, 0.4) is 0 Å². The number of halogens is 2. The molecule has 4 aliphatic heterocycles. The smallest absolute Gasteiger partial charge is 0.407 e. The lowest BCUT2D eigenvalue weighted by Crippen LogP contribution is -3.00. The summed E-state index contributed by atoms with van der Waals surface area (Å²) in [5, 5.41) is 5.22. The molecule has 0 radical (unpaired) electrons. The van der Waals surface area contributed by atoms with Gasteiger partial charge in [0.25, 0.3) is 0 Å². The topological polar surface area (TPSA) is 38.3 Å². The molecule has 2 bridgehead atoms. The van der Waals surface area contributed by atoms with Crippen molar-refractivity contribution in [2.75, 3.05) is 32.7 Å². The first-order chi connectivity index (χ1) is 14.9. The highest BCUT2D eigenvalue weighted by Crippen LogP contribution is 2.44. The Morgan fingerprint density at radius 1 is 1.34 bits per heavy atom. The first-order valence-corrected chi connectivity index (χ1v) is 12.3. The number of fused-ring (bicyclic) bond motifs is 3. The third-order valence-corrected chi connectivity index (χ3v) is 9.08. The average Bonchev–Trinajstić information content (AvgIpc) is 3.13. The minimum atomic E-state index is -0.295. The molecule has 1 aromatic rings. The number of aryl methyl sites for hydroxylation is 1. The number of carbonyl (C=O) groups excluding carboxylic acids is 1. The number of piperidine rings is 3. The van der Waals surface area contributed by atoms with Crippen molar-refractivity contribution >= 4 is 17.9 Å². The highest BCUT2D eigenvalue weighted by molar-refractivity contribution is 8.03. The molecular formula is C25H34BrFN2O2S. The molecule has 1 N–H and O–H groups in total. The van der Waals surface area contributed by atoms with E-state index in [2.05, 4.69) is 30.3 Å². The lowest BCUT2D eigenvalue weighted by Gasteiger charge is -2.51. The van der Waals surface area contributed by atoms with Gasteiger partial charge < -0.3 is 31.5 Å². The number of amides is 1. The van der Waals surface area contributed by atoms with E-state index in [4.69, 9.17) is 4.74 Å². The lowest BCUT2D eigenvalue weighted by molar-refractivity contribution is -0.941. The Labute approximate surface area is 206 Å². The maximum atomic E-state index is 13.2. The summed E-state index contributed by atoms with van der Waals surface area (Å²) in [4.78, 5) is 12.7. The normalized spacial score (nSPS) is 32.9. The number of rotatable bonds is 8. The third-order valence-electron chi connectivity index (χ3n) is 7.60. The second kappa shape index (κ2) is 10.7. The van der Waals surface area contributed by atoms with Crippen LogP contribution in [0.25, 0.3) is 0 Å². The van der Waals surface area contributed by atoms with Crippen LogP contribution in [-0.2, 0) is 11.2 Å². The van der Waals surface area contributed by atoms with E-state index in [1.165, 1.54) is 25.2 Å². The zero-order valence-corrected chi connectivity index (χ0v) is 21.2. The van der Waals surface area contributed by atoms with Crippen molar-refractivity contribution in [3.05, 3.63) is 59.8 Å². The van der Waals surface area contributed by atoms with Crippen LogP contribution in [-0.4, -0.2) is 54.2 Å². The van der Waals surface area contributed by atoms with Gasteiger partial charge in [-0.3, -0.25) is 0 Å². The first kappa shape index (κ1) is 25.3. The quantitative estimate of drug-likeness (QED) is 0.417. The molecule has 0 saturated carbocycles. The van der Waals surface area contributed by atoms with Crippen molar-refractivity contribution in [1.82, 2.24) is 5.32 Å². The molecule has 3 saturated heterocycles. The van der Waals surface area contributed by atoms with Crippen molar-refractivity contribution < 1.29 is 35.4 Å². The molecule has 5 rings (SSSR count). The van der Waals surface area contributed by atoms with E-state index in [0.717, 1.165) is 48.8 Å². The Kier molecular flexibility index (Phi) is 8.50. The monoisotopic (exact) mass is 524 g/mol. The standard InChI is InChI=1S/C25H33FN2O2S.BrH/c1-3-13-28-14-9-21(10-15-28)23(17-28)30-24(29)27-18-25(19(2)11-16-31-25)12-8-20-4-6-22(26)7-5-20;/h3-7,11,16,19,21,23H,1,8-10,12-15,17-18H2,2H3;1H/t19?,21?,23-,25?,28?;/m0./s1. The Balaban J connectivity index is 0.00000289. The minimum Gasteiger partial charge on any atom is -1.00 e. The van der Waals surface area contributed by atoms with Gasteiger partial charge in [0.15, 0.2) is 6.10 Å². The van der Waals surface area contributed by atoms with E-state index in [-0.39, 0.29) is 39.7 Å². The third kappa shape index (κ3) is 5.60. The maximum absolute atomic E-state index is 13.2. The zero-order valence-electron chi connectivity index (χ0n) is 18.8. The maximum Gasteiger partial charge on any atom is 0.407 e. The van der Waals surface area contributed by atoms with Crippen LogP contribution in [0.1, 0.15) is 31.7 Å². The van der Waals surface area contributed by atoms with E-state index in [0.29, 0.717) is 18.4 Å². The van der Waals surface area contributed by atoms with Crippen molar-refractivity contribution in [3.8, 4) is 0 Å². The largest absolute Gasteiger partial charge is 1.00 e. The predicted octanol–water partition coefficient (Wildman–Crippen LogP) is 1.92. The molecule has 0 aliphatic carbocycles. The van der Waals surface area contributed by atoms with Gasteiger partial charge in [0.1, 0.15) is 12.4 Å². The van der Waals surface area contributed by atoms with Gasteiger partial charge in [0.05, 0.1) is 19.6 Å². The van der Waals surface area contributed by atoms with E-state index in [1.54, 1.807) is 11.8 Å². The molecule has 7 heteroatoms. The summed E-state index contributed by atoms with van der Waals surface area (Å²) >= 11 is 1.79. The summed E-state index contributed by atoms with van der Waals surface area (Å²) in [6.45, 7) is 10.9. The number of allylic oxidation sites excluding steroid dienone is 1. The van der Waals surface area contributed by atoms with Gasteiger partial charge in [0, 0.05) is 30.1 Å². The molecule has 0 spiro atoms. The molecule has 0 aromatic heterocycles. The number of quaternary nitrogens is 1. The number of ether oxygens (including phenoxy) is 1. The second-order valence-electron chi connectivity index (χ2n) is 9.50. The van der Waals surface area contributed by atoms with E-state index < -0.39 is 0 Å². The fraction of sp³-hybridized carbons (Fsp3) is 0.560. The van der Waals surface area contributed by atoms with Gasteiger partial charge in [-0.15, -0.1) is 11.8 Å². The van der Waals surface area contributed by atoms with E-state index in [9.17, 15) is 9.18 Å². The van der Waals surface area contributed by atoms with Gasteiger partial charge in [-0.25, -0.2) is 9.18 Å². The molecule has 3 fully saturated rings. The number of hydrogen-bond acceptors (Lipinski definition) is 3. The number of nitrogens with one attached hydrogen (secondary N) is 1. The SMILES string of the molecule is C=CC[N+]12CCC(CC1)[C@@H](OC(=O)NCC1(CCc3ccc(F)cc3)SC=CC1C)C2.[Br-]. The molecular weight excluding hydrogens is 491 g/mol. The molecule has 176 valence electrons. The van der Waals surface area contributed by atoms with Crippen LogP contribution in [0, 0.1) is 17.7 Å². The van der Waals surface area contributed by atoms with Crippen molar-refractivity contribution in [2.45, 2.75) is 43.5 Å². The highest BCUT2D eigenvalue weighted by atomic mass is 79.9. The Hall–Kier alpha value is -1.31. The van der Waals surface area contributed by atoms with Crippen molar-refractivity contribution in [1.29, 1.82) is 0 Å². The average molecular weight is 526 g/mol. The summed E-state index contributed by atoms with van der Waals surface area (Å²) < 4.78 is 20.1. The Bertz CT molecular complexity index is 826. The fourth-order valence-electron chi connectivity index (χ4n) is 5.45. The Morgan fingerprint density at radius 3 is 2.69 bits per heavy atom. The highest BCUT2D eigenvalue weighted by Gasteiger charge is 2.47. The zero-order chi connectivity index (χ0) is 21.9. The number of benzene rings is 1. The minimum absolute atomic E-state index is 0. The number of hydrogen-bond donors (Lipinski definition) is 1. The molecule has 4 heterocycles. The van der Waals surface area contributed by atoms with Gasteiger partial charge >= 0.3 is 6.09 Å². The van der Waals surface area contributed by atoms with Gasteiger partial charge in [-0.2, -0.15) is 0 Å². The number of alkyl carbamates (subject to hydrolysis) is 1. The molecule has 2 unspecified atom stereocenters. The van der Waals surface area contributed by atoms with Crippen molar-refractivity contribution in [3.63, 3.8) is 0 Å². The van der Waals surface area contributed by atoms with Gasteiger partial charge in [-0.1, -0.05) is 31.7 Å². The molecule has 1 aromatic carbocycles. The van der Waals surface area contributed by atoms with Gasteiger partial charge in [0.2, 0.25) is 0 Å². The molecule has 1 amide bonds. The van der Waals surface area contributed by atoms with Crippen molar-refractivity contribution in [2.24, 2.45) is 11.8 Å². The summed E-state index contributed by atoms with van der Waals surface area (Å²) in [5.41, 5.74) is 1.12. The molecule has 32 heavy (non-hydrogen) atoms. The summed E-state index contributed by atoms with van der Waals surface area (Å²) in [7, 11) is 0. The Morgan fingerprint density at radius 2 is 2.06 bits per heavy atom. The number of thioether (sulfide) groups is 1. The van der Waals surface area contributed by atoms with E-state index in [1.807, 2.05) is 18.2 Å². The summed E-state index contributed by atoms with van der Waals surface area (Å²) in [6, 6.07) is 6.71. The predicted molar refractivity (Wildman–Crippen MR) is 124 cm³/mol. The molecule has 3 atom stereocenters. The number of nitrogens with zero attached hydrogens (tertiary/aromatic N) is 1. The molecule has 4 nitrogen and oxygen atoms in total. The summed E-state index contributed by atoms with van der Waals surface area (Å²) in [5.74, 6) is 0.624. The first-order valence-electron chi connectivity index (χ1n) is 11.4. The van der Waals surface area contributed by atoms with Gasteiger partial charge in [-0.05, 0) is 47.9 Å². The second-order valence-corrected chi connectivity index (χ2v) is 10.8. The molecule has 4 aliphatic rings. The van der Waals surface area contributed by atoms with Crippen LogP contribution in [0.4, 0.5) is 9.18 Å². The summed E-state index contributed by atoms with van der Waals surface area (Å²) in [6.07, 6.45) is 7.93.